The van der Waals surface area contributed by atoms with Crippen molar-refractivity contribution in [2.75, 3.05) is 18.4 Å². The Hall–Kier alpha value is -4.02. The van der Waals surface area contributed by atoms with Crippen LogP contribution >= 0.6 is 11.6 Å². The third-order valence-electron chi connectivity index (χ3n) is 6.21. The van der Waals surface area contributed by atoms with Gasteiger partial charge in [-0.15, -0.1) is 0 Å². The molecule has 4 N–H and O–H groups in total. The van der Waals surface area contributed by atoms with Crippen LogP contribution in [0, 0.1) is 0 Å². The van der Waals surface area contributed by atoms with E-state index in [1.165, 1.54) is 24.3 Å². The van der Waals surface area contributed by atoms with Crippen molar-refractivity contribution in [2.45, 2.75) is 22.3 Å². The number of hydrogen-bond acceptors (Lipinski definition) is 6. The van der Waals surface area contributed by atoms with Crippen molar-refractivity contribution >= 4 is 39.0 Å². The summed E-state index contributed by atoms with van der Waals surface area (Å²) in [4.78, 5) is 24.2. The molecule has 1 atom stereocenters. The number of anilines is 1. The first kappa shape index (κ1) is 29.0. The molecule has 0 aromatic heterocycles. The second kappa shape index (κ2) is 12.9. The SMILES string of the molecule is O=C(Nc1ccc(S(=O)(=O)c2ccc(CCNC[C@H](O)c3cccc(Cl)c3)cc2)cc1C(=O)O)c1ccccc1. The number of carbonyl (C=O) groups is 2. The first-order chi connectivity index (χ1) is 19.1. The Morgan fingerprint density at radius 2 is 1.55 bits per heavy atom. The van der Waals surface area contributed by atoms with E-state index in [2.05, 4.69) is 10.6 Å². The van der Waals surface area contributed by atoms with Crippen LogP contribution in [0.3, 0.4) is 0 Å². The molecule has 0 fully saturated rings. The zero-order valence-electron chi connectivity index (χ0n) is 21.2. The van der Waals surface area contributed by atoms with Gasteiger partial charge in [-0.3, -0.25) is 4.79 Å². The Morgan fingerprint density at radius 1 is 0.850 bits per heavy atom. The molecular formula is C30H27ClN2O6S. The van der Waals surface area contributed by atoms with E-state index in [0.29, 0.717) is 35.7 Å². The van der Waals surface area contributed by atoms with Crippen molar-refractivity contribution in [3.8, 4) is 0 Å². The highest BCUT2D eigenvalue weighted by molar-refractivity contribution is 7.91. The normalized spacial score (nSPS) is 12.1. The van der Waals surface area contributed by atoms with Crippen LogP contribution in [0.15, 0.2) is 107 Å². The molecule has 4 aromatic rings. The van der Waals surface area contributed by atoms with Crippen LogP contribution in [0.1, 0.15) is 37.9 Å². The van der Waals surface area contributed by atoms with E-state index >= 15 is 0 Å². The fourth-order valence-corrected chi connectivity index (χ4v) is 5.52. The molecule has 40 heavy (non-hydrogen) atoms. The lowest BCUT2D eigenvalue weighted by atomic mass is 10.1. The number of benzene rings is 4. The molecule has 0 saturated heterocycles. The second-order valence-corrected chi connectivity index (χ2v) is 11.4. The average molecular weight is 579 g/mol. The van der Waals surface area contributed by atoms with Gasteiger partial charge in [-0.05, 0) is 78.7 Å². The molecule has 4 rings (SSSR count). The Labute approximate surface area is 237 Å². The van der Waals surface area contributed by atoms with Crippen molar-refractivity contribution in [3.05, 3.63) is 124 Å². The minimum Gasteiger partial charge on any atom is -0.478 e. The Balaban J connectivity index is 1.40. The number of amides is 1. The van der Waals surface area contributed by atoms with Crippen molar-refractivity contribution in [3.63, 3.8) is 0 Å². The van der Waals surface area contributed by atoms with E-state index in [1.54, 1.807) is 66.7 Å². The van der Waals surface area contributed by atoms with Gasteiger partial charge in [0.1, 0.15) is 0 Å². The Bertz CT molecular complexity index is 1610. The number of aromatic carboxylic acids is 1. The molecule has 10 heteroatoms. The Kier molecular flexibility index (Phi) is 9.34. The van der Waals surface area contributed by atoms with Crippen LogP contribution in [0.25, 0.3) is 0 Å². The molecule has 8 nitrogen and oxygen atoms in total. The standard InChI is InChI=1S/C30H27ClN2O6S/c31-23-8-4-7-22(17-23)28(34)19-32-16-15-20-9-11-24(12-10-20)40(38,39)25-13-14-27(26(18-25)30(36)37)33-29(35)21-5-2-1-3-6-21/h1-14,17-18,28,32,34H,15-16,19H2,(H,33,35)(H,36,37)/t28-/m0/s1. The number of aliphatic hydroxyl groups excluding tert-OH is 1. The van der Waals surface area contributed by atoms with Gasteiger partial charge in [0.2, 0.25) is 9.84 Å². The lowest BCUT2D eigenvalue weighted by Crippen LogP contribution is -2.23. The lowest BCUT2D eigenvalue weighted by molar-refractivity contribution is 0.0697. The van der Waals surface area contributed by atoms with Gasteiger partial charge >= 0.3 is 5.97 Å². The second-order valence-electron chi connectivity index (χ2n) is 9.01. The van der Waals surface area contributed by atoms with Crippen LogP contribution in [0.5, 0.6) is 0 Å². The molecule has 1 amide bonds. The molecule has 0 spiro atoms. The number of sulfone groups is 1. The van der Waals surface area contributed by atoms with Crippen LogP contribution in [0.2, 0.25) is 5.02 Å². The number of halogens is 1. The van der Waals surface area contributed by atoms with Gasteiger partial charge in [0, 0.05) is 17.1 Å². The van der Waals surface area contributed by atoms with E-state index in [0.717, 1.165) is 11.6 Å². The van der Waals surface area contributed by atoms with E-state index in [-0.39, 0.29) is 21.0 Å². The van der Waals surface area contributed by atoms with Gasteiger partial charge in [-0.25, -0.2) is 13.2 Å². The lowest BCUT2D eigenvalue weighted by Gasteiger charge is -2.13. The summed E-state index contributed by atoms with van der Waals surface area (Å²) in [5.41, 5.74) is 1.58. The van der Waals surface area contributed by atoms with E-state index in [9.17, 15) is 28.2 Å². The number of hydrogen-bond donors (Lipinski definition) is 4. The van der Waals surface area contributed by atoms with E-state index < -0.39 is 27.8 Å². The van der Waals surface area contributed by atoms with E-state index in [1.807, 2.05) is 0 Å². The molecule has 0 radical (unpaired) electrons. The van der Waals surface area contributed by atoms with Gasteiger partial charge in [-0.1, -0.05) is 54.1 Å². The van der Waals surface area contributed by atoms with Gasteiger partial charge in [-0.2, -0.15) is 0 Å². The quantitative estimate of drug-likeness (QED) is 0.184. The predicted molar refractivity (Wildman–Crippen MR) is 153 cm³/mol. The molecule has 0 heterocycles. The van der Waals surface area contributed by atoms with Gasteiger partial charge < -0.3 is 20.8 Å². The average Bonchev–Trinajstić information content (AvgIpc) is 2.96. The van der Waals surface area contributed by atoms with Crippen molar-refractivity contribution in [1.82, 2.24) is 5.32 Å². The van der Waals surface area contributed by atoms with Crippen molar-refractivity contribution < 1.29 is 28.2 Å². The number of rotatable bonds is 11. The first-order valence-electron chi connectivity index (χ1n) is 12.4. The fraction of sp³-hybridized carbons (Fsp3) is 0.133. The van der Waals surface area contributed by atoms with Crippen LogP contribution in [-0.2, 0) is 16.3 Å². The van der Waals surface area contributed by atoms with Gasteiger partial charge in [0.25, 0.3) is 5.91 Å². The molecule has 0 aliphatic rings. The molecule has 0 bridgehead atoms. The fourth-order valence-electron chi connectivity index (χ4n) is 4.04. The van der Waals surface area contributed by atoms with Crippen LogP contribution in [0.4, 0.5) is 5.69 Å². The summed E-state index contributed by atoms with van der Waals surface area (Å²) >= 11 is 5.97. The summed E-state index contributed by atoms with van der Waals surface area (Å²) in [7, 11) is -4.02. The molecule has 0 unspecified atom stereocenters. The molecule has 4 aromatic carbocycles. The van der Waals surface area contributed by atoms with E-state index in [4.69, 9.17) is 11.6 Å². The zero-order valence-corrected chi connectivity index (χ0v) is 22.8. The number of carboxylic acid groups (broad SMARTS) is 1. The molecule has 206 valence electrons. The molecular weight excluding hydrogens is 552 g/mol. The number of aliphatic hydroxyl groups is 1. The summed E-state index contributed by atoms with van der Waals surface area (Å²) in [6.07, 6.45) is -0.110. The minimum atomic E-state index is -4.02. The monoisotopic (exact) mass is 578 g/mol. The topological polar surface area (TPSA) is 133 Å². The zero-order chi connectivity index (χ0) is 28.7. The third-order valence-corrected chi connectivity index (χ3v) is 8.21. The Morgan fingerprint density at radius 3 is 2.23 bits per heavy atom. The van der Waals surface area contributed by atoms with Gasteiger partial charge in [0.05, 0.1) is 27.1 Å². The molecule has 0 aliphatic carbocycles. The summed E-state index contributed by atoms with van der Waals surface area (Å²) < 4.78 is 26.5. The highest BCUT2D eigenvalue weighted by Crippen LogP contribution is 2.26. The molecule has 0 aliphatic heterocycles. The number of nitrogens with one attached hydrogen (secondary N) is 2. The number of carboxylic acids is 1. The minimum absolute atomic E-state index is 0.0105. The number of carbonyl (C=O) groups excluding carboxylic acids is 1. The maximum atomic E-state index is 13.2. The highest BCUT2D eigenvalue weighted by atomic mass is 35.5. The van der Waals surface area contributed by atoms with Crippen LogP contribution in [-0.4, -0.2) is 43.6 Å². The molecule has 0 saturated carbocycles. The first-order valence-corrected chi connectivity index (χ1v) is 14.2. The van der Waals surface area contributed by atoms with Crippen LogP contribution < -0.4 is 10.6 Å². The smallest absolute Gasteiger partial charge is 0.337 e. The highest BCUT2D eigenvalue weighted by Gasteiger charge is 2.22. The van der Waals surface area contributed by atoms with Gasteiger partial charge in [0.15, 0.2) is 0 Å². The van der Waals surface area contributed by atoms with Crippen molar-refractivity contribution in [2.24, 2.45) is 0 Å². The summed E-state index contributed by atoms with van der Waals surface area (Å²) in [5.74, 6) is -1.88. The van der Waals surface area contributed by atoms with Crippen molar-refractivity contribution in [1.29, 1.82) is 0 Å². The predicted octanol–water partition coefficient (Wildman–Crippen LogP) is 4.99. The third kappa shape index (κ3) is 7.13. The maximum Gasteiger partial charge on any atom is 0.337 e. The summed E-state index contributed by atoms with van der Waals surface area (Å²) in [6, 6.07) is 25.2. The summed E-state index contributed by atoms with van der Waals surface area (Å²) in [5, 5.41) is 26.2. The maximum absolute atomic E-state index is 13.2. The summed E-state index contributed by atoms with van der Waals surface area (Å²) in [6.45, 7) is 0.891. The largest absolute Gasteiger partial charge is 0.478 e.